The predicted molar refractivity (Wildman–Crippen MR) is 176 cm³/mol. The van der Waals surface area contributed by atoms with Crippen LogP contribution >= 0.6 is 11.6 Å². The van der Waals surface area contributed by atoms with Gasteiger partial charge in [-0.3, -0.25) is 14.4 Å². The largest absolute Gasteiger partial charge is 0.495 e. The lowest BCUT2D eigenvalue weighted by molar-refractivity contribution is 0.0931. The molecule has 0 unspecified atom stereocenters. The highest BCUT2D eigenvalue weighted by Crippen LogP contribution is 2.42. The lowest BCUT2D eigenvalue weighted by Gasteiger charge is -2.35. The van der Waals surface area contributed by atoms with Crippen molar-refractivity contribution in [3.63, 3.8) is 0 Å². The van der Waals surface area contributed by atoms with Gasteiger partial charge in [0.05, 0.1) is 29.9 Å². The van der Waals surface area contributed by atoms with E-state index in [-0.39, 0.29) is 11.9 Å². The van der Waals surface area contributed by atoms with E-state index in [1.807, 2.05) is 54.3 Å². The summed E-state index contributed by atoms with van der Waals surface area (Å²) in [5.41, 5.74) is 6.98. The molecule has 0 spiro atoms. The summed E-state index contributed by atoms with van der Waals surface area (Å²) in [6.07, 6.45) is 6.87. The number of methoxy groups -OCH3 is 1. The van der Waals surface area contributed by atoms with Crippen molar-refractivity contribution in [1.29, 1.82) is 0 Å². The Morgan fingerprint density at radius 3 is 2.67 bits per heavy atom. The molecule has 2 N–H and O–H groups in total. The number of carbonyl (C=O) groups excluding carboxylic acids is 1. The second-order valence-corrected chi connectivity index (χ2v) is 12.8. The lowest BCUT2D eigenvalue weighted by atomic mass is 9.91. The van der Waals surface area contributed by atoms with Crippen LogP contribution in [0.15, 0.2) is 48.7 Å². The molecule has 11 heteroatoms. The molecule has 4 heterocycles. The third kappa shape index (κ3) is 5.90. The van der Waals surface area contributed by atoms with Crippen LogP contribution in [0.5, 0.6) is 5.75 Å². The van der Waals surface area contributed by atoms with Crippen LogP contribution in [0.2, 0.25) is 5.02 Å². The Bertz CT molecular complexity index is 1730. The van der Waals surface area contributed by atoms with E-state index in [0.29, 0.717) is 34.0 Å². The smallest absolute Gasteiger partial charge is 0.251 e. The molecule has 2 aliphatic heterocycles. The van der Waals surface area contributed by atoms with Crippen molar-refractivity contribution < 1.29 is 9.53 Å². The number of anilines is 2. The summed E-state index contributed by atoms with van der Waals surface area (Å²) in [6.45, 7) is 4.22. The number of nitrogens with zero attached hydrogens (tertiary/aromatic N) is 6. The van der Waals surface area contributed by atoms with Gasteiger partial charge in [-0.2, -0.15) is 5.10 Å². The van der Waals surface area contributed by atoms with Gasteiger partial charge in [-0.05, 0) is 82.1 Å². The van der Waals surface area contributed by atoms with Crippen LogP contribution in [-0.4, -0.2) is 87.9 Å². The maximum Gasteiger partial charge on any atom is 0.251 e. The van der Waals surface area contributed by atoms with Crippen LogP contribution in [0.4, 0.5) is 11.6 Å². The van der Waals surface area contributed by atoms with Gasteiger partial charge in [-0.1, -0.05) is 29.8 Å². The Labute approximate surface area is 268 Å². The van der Waals surface area contributed by atoms with Gasteiger partial charge in [-0.25, -0.2) is 9.97 Å². The zero-order valence-electron chi connectivity index (χ0n) is 26.0. The molecule has 7 rings (SSSR count). The Morgan fingerprint density at radius 2 is 1.87 bits per heavy atom. The van der Waals surface area contributed by atoms with Gasteiger partial charge < -0.3 is 20.3 Å². The van der Waals surface area contributed by atoms with Crippen molar-refractivity contribution >= 4 is 29.1 Å². The molecule has 0 radical (unpaired) electrons. The first-order valence-corrected chi connectivity index (χ1v) is 16.1. The van der Waals surface area contributed by atoms with Crippen LogP contribution in [0, 0.1) is 0 Å². The number of halogens is 1. The third-order valence-corrected chi connectivity index (χ3v) is 9.78. The second kappa shape index (κ2) is 12.4. The summed E-state index contributed by atoms with van der Waals surface area (Å²) >= 11 is 6.62. The highest BCUT2D eigenvalue weighted by atomic mass is 35.5. The summed E-state index contributed by atoms with van der Waals surface area (Å²) in [5.74, 6) is 0.893. The van der Waals surface area contributed by atoms with Crippen LogP contribution in [0.1, 0.15) is 40.9 Å². The Hall–Kier alpha value is -3.99. The highest BCUT2D eigenvalue weighted by Gasteiger charge is 2.31. The van der Waals surface area contributed by atoms with Gasteiger partial charge in [-0.15, -0.1) is 0 Å². The number of carbonyl (C=O) groups is 1. The molecule has 2 saturated heterocycles. The van der Waals surface area contributed by atoms with Gasteiger partial charge in [0.15, 0.2) is 0 Å². The molecule has 1 atom stereocenters. The Balaban J connectivity index is 1.08. The van der Waals surface area contributed by atoms with Crippen molar-refractivity contribution in [3.05, 3.63) is 70.5 Å². The van der Waals surface area contributed by atoms with Crippen molar-refractivity contribution in [1.82, 2.24) is 34.9 Å². The molecule has 3 aliphatic rings. The molecule has 1 amide bonds. The summed E-state index contributed by atoms with van der Waals surface area (Å²) < 4.78 is 7.60. The Kier molecular flexibility index (Phi) is 8.20. The number of likely N-dealkylation sites (tertiary alicyclic amines) is 2. The lowest BCUT2D eigenvalue weighted by Crippen LogP contribution is -2.44. The summed E-state index contributed by atoms with van der Waals surface area (Å²) in [4.78, 5) is 27.8. The van der Waals surface area contributed by atoms with Gasteiger partial charge in [0.1, 0.15) is 5.75 Å². The maximum absolute atomic E-state index is 13.3. The van der Waals surface area contributed by atoms with E-state index in [1.54, 1.807) is 13.2 Å². The average Bonchev–Trinajstić information content (AvgIpc) is 3.65. The minimum Gasteiger partial charge on any atom is -0.495 e. The van der Waals surface area contributed by atoms with E-state index < -0.39 is 0 Å². The number of piperidine rings is 1. The molecule has 2 fully saturated rings. The fourth-order valence-electron chi connectivity index (χ4n) is 7.01. The minimum absolute atomic E-state index is 0.0867. The third-order valence-electron chi connectivity index (χ3n) is 9.45. The van der Waals surface area contributed by atoms with E-state index in [0.717, 1.165) is 79.2 Å². The first kappa shape index (κ1) is 29.7. The first-order chi connectivity index (χ1) is 21.9. The van der Waals surface area contributed by atoms with Crippen LogP contribution in [-0.2, 0) is 19.9 Å². The van der Waals surface area contributed by atoms with Gasteiger partial charge in [0.2, 0.25) is 5.95 Å². The van der Waals surface area contributed by atoms with E-state index in [9.17, 15) is 4.79 Å². The Morgan fingerprint density at radius 1 is 1.04 bits per heavy atom. The summed E-state index contributed by atoms with van der Waals surface area (Å²) in [5, 5.41) is 12.1. The molecule has 0 saturated carbocycles. The number of nitrogens with one attached hydrogen (secondary N) is 2. The molecular weight excluding hydrogens is 588 g/mol. The van der Waals surface area contributed by atoms with E-state index in [2.05, 4.69) is 32.5 Å². The standard InChI is InChI=1S/C34H39ClN8O2/c1-41-15-13-24(14-16-41)43-17-12-23(20-43)37-33(44)21-8-10-27(29(18-21)45-3)38-34-36-19-22-9-11-28-30(31(22)39-34)32(42(2)40-28)25-6-4-5-7-26(25)35/h4-8,10,18-19,23-24H,9,11-17,20H2,1-3H3,(H,37,44)(H,36,38,39)/t23-/m1/s1. The van der Waals surface area contributed by atoms with Crippen molar-refractivity contribution in [3.8, 4) is 28.3 Å². The van der Waals surface area contributed by atoms with Gasteiger partial charge in [0, 0.05) is 60.1 Å². The molecule has 0 bridgehead atoms. The zero-order chi connectivity index (χ0) is 31.1. The van der Waals surface area contributed by atoms with Gasteiger partial charge in [0.25, 0.3) is 5.91 Å². The number of aryl methyl sites for hydroxylation is 3. The van der Waals surface area contributed by atoms with Crippen LogP contribution < -0.4 is 15.4 Å². The number of hydrogen-bond acceptors (Lipinski definition) is 8. The molecule has 10 nitrogen and oxygen atoms in total. The molecule has 234 valence electrons. The fraction of sp³-hybridized carbons (Fsp3) is 0.412. The molecule has 2 aromatic carbocycles. The maximum atomic E-state index is 13.3. The van der Waals surface area contributed by atoms with E-state index in [1.165, 1.54) is 12.8 Å². The normalized spacial score (nSPS) is 18.8. The minimum atomic E-state index is -0.0867. The molecule has 4 aromatic rings. The number of fused-ring (bicyclic) bond motifs is 3. The van der Waals surface area contributed by atoms with Crippen molar-refractivity contribution in [2.24, 2.45) is 7.05 Å². The van der Waals surface area contributed by atoms with Crippen molar-refractivity contribution in [2.45, 2.75) is 44.2 Å². The molecule has 45 heavy (non-hydrogen) atoms. The predicted octanol–water partition coefficient (Wildman–Crippen LogP) is 4.95. The number of amides is 1. The van der Waals surface area contributed by atoms with E-state index in [4.69, 9.17) is 26.4 Å². The van der Waals surface area contributed by atoms with Gasteiger partial charge >= 0.3 is 0 Å². The molecular formula is C34H39ClN8O2. The number of aromatic nitrogens is 4. The summed E-state index contributed by atoms with van der Waals surface area (Å²) in [6, 6.07) is 14.0. The topological polar surface area (TPSA) is 100 Å². The van der Waals surface area contributed by atoms with Crippen LogP contribution in [0.25, 0.3) is 22.5 Å². The van der Waals surface area contributed by atoms with Crippen LogP contribution in [0.3, 0.4) is 0 Å². The second-order valence-electron chi connectivity index (χ2n) is 12.4. The summed E-state index contributed by atoms with van der Waals surface area (Å²) in [7, 11) is 5.73. The number of ether oxygens (including phenoxy) is 1. The zero-order valence-corrected chi connectivity index (χ0v) is 26.8. The van der Waals surface area contributed by atoms with Crippen molar-refractivity contribution in [2.75, 3.05) is 45.7 Å². The molecule has 2 aromatic heterocycles. The molecule has 1 aliphatic carbocycles. The fourth-order valence-corrected chi connectivity index (χ4v) is 7.23. The first-order valence-electron chi connectivity index (χ1n) is 15.7. The number of rotatable bonds is 7. The number of hydrogen-bond donors (Lipinski definition) is 2. The average molecular weight is 627 g/mol. The highest BCUT2D eigenvalue weighted by molar-refractivity contribution is 6.33. The van der Waals surface area contributed by atoms with E-state index >= 15 is 0 Å². The monoisotopic (exact) mass is 626 g/mol. The SMILES string of the molecule is COc1cc(C(=O)N[C@@H]2CCN(C3CCN(C)CC3)C2)ccc1Nc1ncc2c(n1)-c1c(nn(C)c1-c1ccccc1Cl)CC2. The quantitative estimate of drug-likeness (QED) is 0.297. The number of benzene rings is 2.